The van der Waals surface area contributed by atoms with Crippen LogP contribution in [0.25, 0.3) is 0 Å². The summed E-state index contributed by atoms with van der Waals surface area (Å²) in [4.78, 5) is 2.57. The second kappa shape index (κ2) is 6.21. The fraction of sp³-hybridized carbons (Fsp3) is 0.600. The number of nitrogens with one attached hydrogen (secondary N) is 1. The molecular weight excluding hydrogens is 224 g/mol. The molecule has 1 N–H and O–H groups in total. The van der Waals surface area contributed by atoms with E-state index in [9.17, 15) is 0 Å². The van der Waals surface area contributed by atoms with E-state index in [1.165, 1.54) is 5.56 Å². The van der Waals surface area contributed by atoms with Gasteiger partial charge in [-0.3, -0.25) is 4.90 Å². The first kappa shape index (κ1) is 13.4. The van der Waals surface area contributed by atoms with Crippen molar-refractivity contribution >= 4 is 0 Å². The maximum Gasteiger partial charge on any atom is 0.118 e. The van der Waals surface area contributed by atoms with Crippen LogP contribution in [0.5, 0.6) is 5.75 Å². The van der Waals surface area contributed by atoms with Crippen molar-refractivity contribution in [3.63, 3.8) is 0 Å². The van der Waals surface area contributed by atoms with Crippen LogP contribution in [0.3, 0.4) is 0 Å². The lowest BCUT2D eigenvalue weighted by Gasteiger charge is -2.36. The molecular formula is C15H24N2O. The first-order chi connectivity index (χ1) is 8.69. The first-order valence-electron chi connectivity index (χ1n) is 6.79. The number of hydrogen-bond acceptors (Lipinski definition) is 3. The minimum Gasteiger partial charge on any atom is -0.497 e. The largest absolute Gasteiger partial charge is 0.497 e. The molecule has 0 saturated carbocycles. The molecule has 0 bridgehead atoms. The van der Waals surface area contributed by atoms with Crippen LogP contribution >= 0.6 is 0 Å². The Bertz CT molecular complexity index is 363. The average molecular weight is 248 g/mol. The second-order valence-electron chi connectivity index (χ2n) is 5.25. The predicted molar refractivity (Wildman–Crippen MR) is 75.2 cm³/mol. The van der Waals surface area contributed by atoms with E-state index in [1.54, 1.807) is 7.11 Å². The minimum absolute atomic E-state index is 0.600. The Labute approximate surface area is 110 Å². The molecule has 100 valence electrons. The van der Waals surface area contributed by atoms with Crippen molar-refractivity contribution in [2.75, 3.05) is 26.7 Å². The van der Waals surface area contributed by atoms with Gasteiger partial charge in [0.05, 0.1) is 7.11 Å². The Balaban J connectivity index is 1.91. The second-order valence-corrected chi connectivity index (χ2v) is 5.25. The van der Waals surface area contributed by atoms with E-state index in [0.717, 1.165) is 31.8 Å². The molecule has 3 heteroatoms. The van der Waals surface area contributed by atoms with Crippen molar-refractivity contribution in [3.8, 4) is 5.75 Å². The zero-order valence-electron chi connectivity index (χ0n) is 11.6. The number of rotatable bonds is 4. The van der Waals surface area contributed by atoms with Crippen molar-refractivity contribution in [2.45, 2.75) is 32.4 Å². The molecule has 2 rings (SSSR count). The number of benzene rings is 1. The van der Waals surface area contributed by atoms with Crippen molar-refractivity contribution in [3.05, 3.63) is 29.8 Å². The Morgan fingerprint density at radius 1 is 1.39 bits per heavy atom. The third kappa shape index (κ3) is 3.47. The fourth-order valence-corrected chi connectivity index (χ4v) is 2.59. The van der Waals surface area contributed by atoms with Gasteiger partial charge in [0.25, 0.3) is 0 Å². The number of piperazine rings is 1. The molecule has 2 atom stereocenters. The zero-order chi connectivity index (χ0) is 13.0. The third-order valence-corrected chi connectivity index (χ3v) is 3.71. The first-order valence-corrected chi connectivity index (χ1v) is 6.79. The Morgan fingerprint density at radius 2 is 2.11 bits per heavy atom. The van der Waals surface area contributed by atoms with Gasteiger partial charge < -0.3 is 10.1 Å². The molecule has 0 spiro atoms. The van der Waals surface area contributed by atoms with Crippen LogP contribution in [0.15, 0.2) is 24.3 Å². The Hall–Kier alpha value is -1.06. The van der Waals surface area contributed by atoms with Crippen LogP contribution in [-0.2, 0) is 6.42 Å². The van der Waals surface area contributed by atoms with Crippen LogP contribution in [-0.4, -0.2) is 43.7 Å². The standard InChI is InChI=1S/C15H24N2O/c1-12-11-17(9-8-16-12)13(2)10-14-4-6-15(18-3)7-5-14/h4-7,12-13,16H,8-11H2,1-3H3. The van der Waals surface area contributed by atoms with E-state index >= 15 is 0 Å². The highest BCUT2D eigenvalue weighted by Crippen LogP contribution is 2.15. The van der Waals surface area contributed by atoms with Crippen molar-refractivity contribution in [1.82, 2.24) is 10.2 Å². The van der Waals surface area contributed by atoms with E-state index in [2.05, 4.69) is 36.2 Å². The highest BCUT2D eigenvalue weighted by atomic mass is 16.5. The molecule has 1 heterocycles. The average Bonchev–Trinajstić information content (AvgIpc) is 2.39. The van der Waals surface area contributed by atoms with Crippen LogP contribution in [0.1, 0.15) is 19.4 Å². The van der Waals surface area contributed by atoms with Gasteiger partial charge in [-0.15, -0.1) is 0 Å². The maximum absolute atomic E-state index is 5.19. The van der Waals surface area contributed by atoms with Gasteiger partial charge in [-0.25, -0.2) is 0 Å². The van der Waals surface area contributed by atoms with E-state index in [-0.39, 0.29) is 0 Å². The molecule has 18 heavy (non-hydrogen) atoms. The normalized spacial score (nSPS) is 22.7. The maximum atomic E-state index is 5.19. The summed E-state index contributed by atoms with van der Waals surface area (Å²) in [7, 11) is 1.71. The lowest BCUT2D eigenvalue weighted by atomic mass is 10.0. The highest BCUT2D eigenvalue weighted by Gasteiger charge is 2.20. The summed E-state index contributed by atoms with van der Waals surface area (Å²) in [6.07, 6.45) is 1.11. The van der Waals surface area contributed by atoms with Gasteiger partial charge in [0.2, 0.25) is 0 Å². The van der Waals surface area contributed by atoms with E-state index in [4.69, 9.17) is 4.74 Å². The molecule has 0 aromatic heterocycles. The molecule has 2 unspecified atom stereocenters. The van der Waals surface area contributed by atoms with Gasteiger partial charge >= 0.3 is 0 Å². The topological polar surface area (TPSA) is 24.5 Å². The molecule has 3 nitrogen and oxygen atoms in total. The summed E-state index contributed by atoms with van der Waals surface area (Å²) in [5, 5.41) is 3.49. The lowest BCUT2D eigenvalue weighted by molar-refractivity contribution is 0.157. The lowest BCUT2D eigenvalue weighted by Crippen LogP contribution is -2.52. The summed E-state index contributed by atoms with van der Waals surface area (Å²) in [5.74, 6) is 0.933. The number of ether oxygens (including phenoxy) is 1. The quantitative estimate of drug-likeness (QED) is 0.881. The Kier molecular flexibility index (Phi) is 4.61. The van der Waals surface area contributed by atoms with Crippen LogP contribution in [0.2, 0.25) is 0 Å². The molecule has 0 amide bonds. The molecule has 0 aliphatic carbocycles. The summed E-state index contributed by atoms with van der Waals surface area (Å²) in [6, 6.07) is 9.63. The third-order valence-electron chi connectivity index (χ3n) is 3.71. The van der Waals surface area contributed by atoms with E-state index in [0.29, 0.717) is 12.1 Å². The number of nitrogens with zero attached hydrogens (tertiary/aromatic N) is 1. The highest BCUT2D eigenvalue weighted by molar-refractivity contribution is 5.27. The van der Waals surface area contributed by atoms with Gasteiger partial charge in [-0.05, 0) is 38.0 Å². The van der Waals surface area contributed by atoms with Gasteiger partial charge in [-0.2, -0.15) is 0 Å². The summed E-state index contributed by atoms with van der Waals surface area (Å²) in [5.41, 5.74) is 1.38. The fourth-order valence-electron chi connectivity index (χ4n) is 2.59. The van der Waals surface area contributed by atoms with Gasteiger partial charge in [0.1, 0.15) is 5.75 Å². The molecule has 1 aliphatic heterocycles. The van der Waals surface area contributed by atoms with Crippen molar-refractivity contribution in [1.29, 1.82) is 0 Å². The summed E-state index contributed by atoms with van der Waals surface area (Å²) in [6.45, 7) is 7.99. The van der Waals surface area contributed by atoms with Crippen LogP contribution in [0, 0.1) is 0 Å². The molecule has 1 aromatic carbocycles. The van der Waals surface area contributed by atoms with Gasteiger partial charge in [0, 0.05) is 31.7 Å². The Morgan fingerprint density at radius 3 is 2.72 bits per heavy atom. The zero-order valence-corrected chi connectivity index (χ0v) is 11.6. The summed E-state index contributed by atoms with van der Waals surface area (Å²) < 4.78 is 5.19. The molecule has 1 saturated heterocycles. The van der Waals surface area contributed by atoms with Crippen molar-refractivity contribution < 1.29 is 4.74 Å². The SMILES string of the molecule is COc1ccc(CC(C)N2CCNC(C)C2)cc1. The molecule has 1 aliphatic rings. The monoisotopic (exact) mass is 248 g/mol. The van der Waals surface area contributed by atoms with E-state index < -0.39 is 0 Å². The van der Waals surface area contributed by atoms with Gasteiger partial charge in [-0.1, -0.05) is 12.1 Å². The van der Waals surface area contributed by atoms with Crippen LogP contribution in [0.4, 0.5) is 0 Å². The molecule has 1 fully saturated rings. The predicted octanol–water partition coefficient (Wildman–Crippen LogP) is 1.92. The number of methoxy groups -OCH3 is 1. The molecule has 1 aromatic rings. The minimum atomic E-state index is 0.600. The summed E-state index contributed by atoms with van der Waals surface area (Å²) >= 11 is 0. The smallest absolute Gasteiger partial charge is 0.118 e. The van der Waals surface area contributed by atoms with Crippen LogP contribution < -0.4 is 10.1 Å². The van der Waals surface area contributed by atoms with E-state index in [1.807, 2.05) is 12.1 Å². The molecule has 0 radical (unpaired) electrons. The number of hydrogen-bond donors (Lipinski definition) is 1. The van der Waals surface area contributed by atoms with Gasteiger partial charge in [0.15, 0.2) is 0 Å². The van der Waals surface area contributed by atoms with Crippen molar-refractivity contribution in [2.24, 2.45) is 0 Å².